The Labute approximate surface area is 173 Å². The van der Waals surface area contributed by atoms with Gasteiger partial charge in [-0.2, -0.15) is 0 Å². The predicted molar refractivity (Wildman–Crippen MR) is 118 cm³/mol. The van der Waals surface area contributed by atoms with Gasteiger partial charge in [-0.05, 0) is 81.6 Å². The summed E-state index contributed by atoms with van der Waals surface area (Å²) in [5.74, 6) is 0.0916. The molecule has 1 amide bonds. The summed E-state index contributed by atoms with van der Waals surface area (Å²) in [6, 6.07) is 12.3. The molecule has 0 aromatic heterocycles. The number of nitrogens with one attached hydrogen (secondary N) is 1. The molecule has 0 aliphatic carbocycles. The third-order valence-corrected chi connectivity index (χ3v) is 6.75. The fraction of sp³-hybridized carbons (Fsp3) is 0.409. The number of rotatable bonds is 7. The summed E-state index contributed by atoms with van der Waals surface area (Å²) >= 11 is 0. The average Bonchev–Trinajstić information content (AvgIpc) is 2.71. The first-order chi connectivity index (χ1) is 13.9. The zero-order chi connectivity index (χ0) is 21.0. The minimum Gasteiger partial charge on any atom is -0.372 e. The molecular formula is C22H29N3O3S. The van der Waals surface area contributed by atoms with Crippen molar-refractivity contribution in [2.75, 3.05) is 34.2 Å². The van der Waals surface area contributed by atoms with Crippen molar-refractivity contribution in [3.8, 4) is 0 Å². The van der Waals surface area contributed by atoms with E-state index in [1.54, 1.807) is 35.2 Å². The Hall–Kier alpha value is -2.54. The van der Waals surface area contributed by atoms with Gasteiger partial charge in [0.2, 0.25) is 5.91 Å². The van der Waals surface area contributed by atoms with E-state index >= 15 is 0 Å². The molecule has 29 heavy (non-hydrogen) atoms. The second kappa shape index (κ2) is 8.86. The summed E-state index contributed by atoms with van der Waals surface area (Å²) in [4.78, 5) is 16.2. The summed E-state index contributed by atoms with van der Waals surface area (Å²) in [5.41, 5.74) is 3.25. The van der Waals surface area contributed by atoms with Gasteiger partial charge < -0.3 is 9.80 Å². The van der Waals surface area contributed by atoms with Gasteiger partial charge in [-0.15, -0.1) is 0 Å². The molecule has 7 heteroatoms. The van der Waals surface area contributed by atoms with E-state index in [2.05, 4.69) is 23.5 Å². The number of carbonyl (C=O) groups excluding carboxylic acids is 1. The lowest BCUT2D eigenvalue weighted by Gasteiger charge is -2.26. The molecule has 0 unspecified atom stereocenters. The van der Waals surface area contributed by atoms with Crippen molar-refractivity contribution in [2.45, 2.75) is 44.9 Å². The molecule has 1 fully saturated rings. The summed E-state index contributed by atoms with van der Waals surface area (Å²) in [5, 5.41) is 0. The van der Waals surface area contributed by atoms with Crippen molar-refractivity contribution in [1.29, 1.82) is 0 Å². The molecule has 0 bridgehead atoms. The fourth-order valence-corrected chi connectivity index (χ4v) is 4.77. The number of hydrogen-bond donors (Lipinski definition) is 1. The zero-order valence-electron chi connectivity index (χ0n) is 17.3. The number of sulfonamides is 1. The van der Waals surface area contributed by atoms with Crippen molar-refractivity contribution < 1.29 is 13.2 Å². The smallest absolute Gasteiger partial charge is 0.261 e. The van der Waals surface area contributed by atoms with Crippen LogP contribution >= 0.6 is 0 Å². The largest absolute Gasteiger partial charge is 0.372 e. The molecule has 6 nitrogen and oxygen atoms in total. The lowest BCUT2D eigenvalue weighted by atomic mass is 10.1. The first kappa shape index (κ1) is 21.2. The third kappa shape index (κ3) is 4.72. The lowest BCUT2D eigenvalue weighted by Crippen LogP contribution is -2.35. The Bertz CT molecular complexity index is 967. The highest BCUT2D eigenvalue weighted by atomic mass is 32.2. The molecule has 1 saturated heterocycles. The van der Waals surface area contributed by atoms with Gasteiger partial charge in [0.05, 0.1) is 10.6 Å². The SMILES string of the molecule is CCN(CC)c1ccc(NS(=O)(=O)c2ccc(N3CCCCC3=O)cc2)c(C)c1. The first-order valence-electron chi connectivity index (χ1n) is 10.1. The highest BCUT2D eigenvalue weighted by molar-refractivity contribution is 7.92. The molecule has 0 saturated carbocycles. The Morgan fingerprint density at radius 3 is 2.31 bits per heavy atom. The standard InChI is InChI=1S/C22H29N3O3S/c1-4-24(5-2)19-11-14-21(17(3)16-19)23-29(27,28)20-12-9-18(10-13-20)25-15-7-6-8-22(25)26/h9-14,16,23H,4-8,15H2,1-3H3. The third-order valence-electron chi connectivity index (χ3n) is 5.37. The van der Waals surface area contributed by atoms with E-state index in [9.17, 15) is 13.2 Å². The number of amides is 1. The number of benzene rings is 2. The summed E-state index contributed by atoms with van der Waals surface area (Å²) in [7, 11) is -3.71. The van der Waals surface area contributed by atoms with E-state index in [1.807, 2.05) is 19.1 Å². The number of piperidine rings is 1. The number of nitrogens with zero attached hydrogens (tertiary/aromatic N) is 2. The molecule has 1 heterocycles. The second-order valence-corrected chi connectivity index (χ2v) is 8.96. The Kier molecular flexibility index (Phi) is 6.47. The monoisotopic (exact) mass is 415 g/mol. The van der Waals surface area contributed by atoms with Gasteiger partial charge in [0.1, 0.15) is 0 Å². The van der Waals surface area contributed by atoms with Gasteiger partial charge in [-0.25, -0.2) is 8.42 Å². The van der Waals surface area contributed by atoms with Crippen molar-refractivity contribution >= 4 is 33.0 Å². The Morgan fingerprint density at radius 2 is 1.72 bits per heavy atom. The van der Waals surface area contributed by atoms with Crippen LogP contribution in [0.5, 0.6) is 0 Å². The molecule has 1 aliphatic rings. The van der Waals surface area contributed by atoms with Crippen molar-refractivity contribution in [1.82, 2.24) is 0 Å². The normalized spacial score (nSPS) is 14.7. The highest BCUT2D eigenvalue weighted by Gasteiger charge is 2.21. The number of aryl methyl sites for hydroxylation is 1. The van der Waals surface area contributed by atoms with Crippen LogP contribution in [0, 0.1) is 6.92 Å². The van der Waals surface area contributed by atoms with E-state index in [-0.39, 0.29) is 10.8 Å². The van der Waals surface area contributed by atoms with Crippen LogP contribution in [-0.4, -0.2) is 34.0 Å². The van der Waals surface area contributed by atoms with Gasteiger partial charge in [0, 0.05) is 37.4 Å². The summed E-state index contributed by atoms with van der Waals surface area (Å²) < 4.78 is 28.4. The van der Waals surface area contributed by atoms with Crippen LogP contribution in [0.15, 0.2) is 47.4 Å². The predicted octanol–water partition coefficient (Wildman–Crippen LogP) is 4.16. The van der Waals surface area contributed by atoms with Crippen LogP contribution in [0.3, 0.4) is 0 Å². The van der Waals surface area contributed by atoms with E-state index in [1.165, 1.54) is 0 Å². The Morgan fingerprint density at radius 1 is 1.03 bits per heavy atom. The summed E-state index contributed by atoms with van der Waals surface area (Å²) in [6.45, 7) is 8.56. The van der Waals surface area contributed by atoms with E-state index in [4.69, 9.17) is 0 Å². The molecule has 1 aliphatic heterocycles. The molecule has 3 rings (SSSR count). The molecule has 2 aromatic carbocycles. The maximum absolute atomic E-state index is 12.8. The maximum atomic E-state index is 12.8. The highest BCUT2D eigenvalue weighted by Crippen LogP contribution is 2.27. The second-order valence-electron chi connectivity index (χ2n) is 7.27. The van der Waals surface area contributed by atoms with E-state index < -0.39 is 10.0 Å². The molecule has 156 valence electrons. The lowest BCUT2D eigenvalue weighted by molar-refractivity contribution is -0.119. The molecule has 1 N–H and O–H groups in total. The molecular weight excluding hydrogens is 386 g/mol. The number of carbonyl (C=O) groups is 1. The van der Waals surface area contributed by atoms with Gasteiger partial charge in [-0.3, -0.25) is 9.52 Å². The van der Waals surface area contributed by atoms with Crippen LogP contribution in [0.4, 0.5) is 17.1 Å². The zero-order valence-corrected chi connectivity index (χ0v) is 18.1. The summed E-state index contributed by atoms with van der Waals surface area (Å²) in [6.07, 6.45) is 2.43. The quantitative estimate of drug-likeness (QED) is 0.737. The van der Waals surface area contributed by atoms with Gasteiger partial charge in [0.25, 0.3) is 10.0 Å². The molecule has 0 atom stereocenters. The molecule has 2 aromatic rings. The minimum atomic E-state index is -3.71. The van der Waals surface area contributed by atoms with Crippen molar-refractivity contribution in [2.24, 2.45) is 0 Å². The first-order valence-corrected chi connectivity index (χ1v) is 11.6. The van der Waals surface area contributed by atoms with Crippen molar-refractivity contribution in [3.63, 3.8) is 0 Å². The van der Waals surface area contributed by atoms with Crippen LogP contribution in [0.25, 0.3) is 0 Å². The fourth-order valence-electron chi connectivity index (χ4n) is 3.64. The van der Waals surface area contributed by atoms with Crippen LogP contribution < -0.4 is 14.5 Å². The van der Waals surface area contributed by atoms with Crippen LogP contribution in [0.1, 0.15) is 38.7 Å². The Balaban J connectivity index is 1.78. The maximum Gasteiger partial charge on any atom is 0.261 e. The minimum absolute atomic E-state index is 0.0916. The van der Waals surface area contributed by atoms with Crippen LogP contribution in [0.2, 0.25) is 0 Å². The topological polar surface area (TPSA) is 69.7 Å². The van der Waals surface area contributed by atoms with Crippen LogP contribution in [-0.2, 0) is 14.8 Å². The number of hydrogen-bond acceptors (Lipinski definition) is 4. The molecule has 0 spiro atoms. The average molecular weight is 416 g/mol. The number of anilines is 3. The van der Waals surface area contributed by atoms with E-state index in [0.29, 0.717) is 18.7 Å². The van der Waals surface area contributed by atoms with E-state index in [0.717, 1.165) is 42.9 Å². The van der Waals surface area contributed by atoms with Gasteiger partial charge in [-0.1, -0.05) is 0 Å². The van der Waals surface area contributed by atoms with Gasteiger partial charge in [0.15, 0.2) is 0 Å². The molecule has 0 radical (unpaired) electrons. The van der Waals surface area contributed by atoms with Crippen molar-refractivity contribution in [3.05, 3.63) is 48.0 Å². The van der Waals surface area contributed by atoms with Gasteiger partial charge >= 0.3 is 0 Å².